The molecule has 1 N–H and O–H groups in total. The van der Waals surface area contributed by atoms with Gasteiger partial charge in [0.1, 0.15) is 0 Å². The lowest BCUT2D eigenvalue weighted by atomic mass is 10.4. The zero-order chi connectivity index (χ0) is 7.11. The number of rotatable bonds is 0. The van der Waals surface area contributed by atoms with Crippen LogP contribution in [0, 0.1) is 4.91 Å². The first-order valence-electron chi connectivity index (χ1n) is 3.02. The summed E-state index contributed by atoms with van der Waals surface area (Å²) in [6.45, 7) is 9.01. The molecule has 9 heavy (non-hydrogen) atoms. The van der Waals surface area contributed by atoms with Gasteiger partial charge in [-0.2, -0.15) is 0 Å². The van der Waals surface area contributed by atoms with Crippen LogP contribution in [0.4, 0.5) is 0 Å². The van der Waals surface area contributed by atoms with E-state index in [0.29, 0.717) is 13.1 Å². The van der Waals surface area contributed by atoms with Crippen molar-refractivity contribution >= 4 is 0 Å². The van der Waals surface area contributed by atoms with E-state index < -0.39 is 0 Å². The third-order valence-corrected chi connectivity index (χ3v) is 1.08. The molecule has 52 valence electrons. The summed E-state index contributed by atoms with van der Waals surface area (Å²) in [5.41, 5.74) is 0. The van der Waals surface area contributed by atoms with Gasteiger partial charge in [0.15, 0.2) is 0 Å². The van der Waals surface area contributed by atoms with Crippen molar-refractivity contribution < 1.29 is 4.76 Å². The lowest BCUT2D eigenvalue weighted by Crippen LogP contribution is -2.36. The fourth-order valence-corrected chi connectivity index (χ4v) is 0.644. The Kier molecular flexibility index (Phi) is 5.01. The third-order valence-electron chi connectivity index (χ3n) is 1.08. The van der Waals surface area contributed by atoms with Gasteiger partial charge in [0, 0.05) is 9.67 Å². The number of nitrogens with one attached hydrogen (secondary N) is 1. The predicted molar refractivity (Wildman–Crippen MR) is 37.5 cm³/mol. The number of hydrogen-bond acceptors (Lipinski definition) is 2. The van der Waals surface area contributed by atoms with Crippen molar-refractivity contribution in [3.63, 3.8) is 0 Å². The van der Waals surface area contributed by atoms with Gasteiger partial charge in [-0.25, -0.2) is 0 Å². The number of nitroso groups, excluding NO2 is 1. The van der Waals surface area contributed by atoms with Gasteiger partial charge in [0.05, 0.1) is 13.1 Å². The summed E-state index contributed by atoms with van der Waals surface area (Å²) in [5, 5.41) is 3.07. The first kappa shape index (κ1) is 8.30. The Labute approximate surface area is 55.3 Å². The van der Waals surface area contributed by atoms with Crippen LogP contribution in [0.1, 0.15) is 0 Å². The van der Waals surface area contributed by atoms with Gasteiger partial charge >= 0.3 is 0 Å². The largest absolute Gasteiger partial charge is 0.305 e. The maximum absolute atomic E-state index is 10.3. The van der Waals surface area contributed by atoms with Crippen molar-refractivity contribution in [2.45, 2.75) is 0 Å². The standard InChI is InChI=1S/C4H9N2O.C2H4/c7-6-3-1-5-2-4-6;1-2/h5H,1-4H2;1-2H2/q+1;. The summed E-state index contributed by atoms with van der Waals surface area (Å²) < 4.78 is 1.08. The molecule has 1 rings (SSSR count). The maximum atomic E-state index is 10.3. The molecule has 0 saturated carbocycles. The van der Waals surface area contributed by atoms with Crippen LogP contribution in [0.3, 0.4) is 0 Å². The molecule has 0 aromatic rings. The molecule has 0 bridgehead atoms. The normalized spacial score (nSPS) is 18.0. The monoisotopic (exact) mass is 129 g/mol. The number of hydrogen-bond donors (Lipinski definition) is 1. The van der Waals surface area contributed by atoms with E-state index in [1.807, 2.05) is 0 Å². The highest BCUT2D eigenvalue weighted by Crippen LogP contribution is 1.77. The second kappa shape index (κ2) is 5.44. The van der Waals surface area contributed by atoms with Gasteiger partial charge < -0.3 is 5.32 Å². The van der Waals surface area contributed by atoms with Crippen molar-refractivity contribution in [3.05, 3.63) is 18.1 Å². The Bertz CT molecular complexity index is 85.1. The highest BCUT2D eigenvalue weighted by Gasteiger charge is 2.11. The first-order valence-corrected chi connectivity index (χ1v) is 3.02. The smallest absolute Gasteiger partial charge is 0.204 e. The van der Waals surface area contributed by atoms with Crippen LogP contribution in [0.15, 0.2) is 13.2 Å². The second-order valence-corrected chi connectivity index (χ2v) is 1.68. The van der Waals surface area contributed by atoms with Gasteiger partial charge in [0.2, 0.25) is 13.1 Å². The Morgan fingerprint density at radius 1 is 1.22 bits per heavy atom. The summed E-state index contributed by atoms with van der Waals surface area (Å²) in [6.07, 6.45) is 0. The van der Waals surface area contributed by atoms with Gasteiger partial charge in [-0.15, -0.1) is 13.2 Å². The first-order chi connectivity index (χ1) is 4.39. The molecule has 0 radical (unpaired) electrons. The minimum atomic E-state index is 0.653. The molecular weight excluding hydrogens is 116 g/mol. The second-order valence-electron chi connectivity index (χ2n) is 1.68. The van der Waals surface area contributed by atoms with Crippen LogP contribution >= 0.6 is 0 Å². The molecule has 1 heterocycles. The SMILES string of the molecule is C=C.O=[N+]1CCNCC1. The molecule has 1 aliphatic rings. The summed E-state index contributed by atoms with van der Waals surface area (Å²) in [5.74, 6) is 0. The highest BCUT2D eigenvalue weighted by atomic mass is 16.3. The van der Waals surface area contributed by atoms with Crippen molar-refractivity contribution in [1.82, 2.24) is 5.32 Å². The van der Waals surface area contributed by atoms with Crippen LogP contribution in [-0.2, 0) is 0 Å². The van der Waals surface area contributed by atoms with Crippen LogP contribution in [0.5, 0.6) is 0 Å². The molecule has 3 heteroatoms. The van der Waals surface area contributed by atoms with Gasteiger partial charge in [-0.1, -0.05) is 0 Å². The Morgan fingerprint density at radius 2 is 1.67 bits per heavy atom. The van der Waals surface area contributed by atoms with Crippen LogP contribution in [0.2, 0.25) is 0 Å². The van der Waals surface area contributed by atoms with Crippen molar-refractivity contribution in [3.8, 4) is 0 Å². The summed E-state index contributed by atoms with van der Waals surface area (Å²) in [6, 6.07) is 0. The maximum Gasteiger partial charge on any atom is 0.204 e. The lowest BCUT2D eigenvalue weighted by molar-refractivity contribution is -0.552. The fourth-order valence-electron chi connectivity index (χ4n) is 0.644. The van der Waals surface area contributed by atoms with E-state index >= 15 is 0 Å². The number of nitrogens with zero attached hydrogens (tertiary/aromatic N) is 1. The minimum Gasteiger partial charge on any atom is -0.305 e. The quantitative estimate of drug-likeness (QED) is 0.373. The van der Waals surface area contributed by atoms with Crippen molar-refractivity contribution in [1.29, 1.82) is 0 Å². The summed E-state index contributed by atoms with van der Waals surface area (Å²) in [7, 11) is 0. The molecule has 0 unspecified atom stereocenters. The fraction of sp³-hybridized carbons (Fsp3) is 0.667. The van der Waals surface area contributed by atoms with Gasteiger partial charge in [0.25, 0.3) is 0 Å². The Morgan fingerprint density at radius 3 is 1.89 bits per heavy atom. The molecule has 0 spiro atoms. The van der Waals surface area contributed by atoms with E-state index in [1.54, 1.807) is 0 Å². The molecule has 1 aliphatic heterocycles. The van der Waals surface area contributed by atoms with Crippen LogP contribution in [-0.4, -0.2) is 30.9 Å². The van der Waals surface area contributed by atoms with E-state index in [0.717, 1.165) is 17.8 Å². The van der Waals surface area contributed by atoms with Gasteiger partial charge in [-0.05, 0) is 0 Å². The predicted octanol–water partition coefficient (Wildman–Crippen LogP) is 0.171. The van der Waals surface area contributed by atoms with E-state index in [1.165, 1.54) is 0 Å². The molecule has 0 atom stereocenters. The van der Waals surface area contributed by atoms with E-state index in [2.05, 4.69) is 18.5 Å². The summed E-state index contributed by atoms with van der Waals surface area (Å²) in [4.78, 5) is 10.3. The average Bonchev–Trinajstić information content (AvgIpc) is 1.94. The molecule has 3 nitrogen and oxygen atoms in total. The van der Waals surface area contributed by atoms with E-state index in [-0.39, 0.29) is 0 Å². The zero-order valence-corrected chi connectivity index (χ0v) is 5.60. The molecule has 0 aromatic heterocycles. The minimum absolute atomic E-state index is 0.653. The summed E-state index contributed by atoms with van der Waals surface area (Å²) >= 11 is 0. The molecule has 0 aromatic carbocycles. The molecular formula is C6H13N2O+. The van der Waals surface area contributed by atoms with E-state index in [9.17, 15) is 4.91 Å². The third kappa shape index (κ3) is 3.85. The lowest BCUT2D eigenvalue weighted by Gasteiger charge is -2.02. The van der Waals surface area contributed by atoms with Gasteiger partial charge in [-0.3, -0.25) is 0 Å². The molecule has 1 fully saturated rings. The van der Waals surface area contributed by atoms with Crippen LogP contribution in [0.25, 0.3) is 0 Å². The molecule has 1 saturated heterocycles. The van der Waals surface area contributed by atoms with E-state index in [4.69, 9.17) is 0 Å². The topological polar surface area (TPSA) is 32.1 Å². The highest BCUT2D eigenvalue weighted by molar-refractivity contribution is 4.47. The van der Waals surface area contributed by atoms with Crippen molar-refractivity contribution in [2.75, 3.05) is 26.2 Å². The zero-order valence-electron chi connectivity index (χ0n) is 5.60. The van der Waals surface area contributed by atoms with Crippen molar-refractivity contribution in [2.24, 2.45) is 0 Å². The Balaban J connectivity index is 0.000000291. The van der Waals surface area contributed by atoms with Crippen LogP contribution < -0.4 is 5.32 Å². The molecule has 0 amide bonds. The Hall–Kier alpha value is -0.700. The average molecular weight is 129 g/mol. The molecule has 0 aliphatic carbocycles. The number of piperazine rings is 1.